The molecule has 4 nitrogen and oxygen atoms in total. The minimum absolute atomic E-state index is 0.0728. The monoisotopic (exact) mass is 400 g/mol. The summed E-state index contributed by atoms with van der Waals surface area (Å²) in [7, 11) is 0. The number of likely N-dealkylation sites (tertiary alicyclic amines) is 1. The Morgan fingerprint density at radius 2 is 1.86 bits per heavy atom. The summed E-state index contributed by atoms with van der Waals surface area (Å²) in [6, 6.07) is 15.4. The molecule has 0 aliphatic carbocycles. The minimum Gasteiger partial charge on any atom is -0.494 e. The molecule has 0 radical (unpaired) electrons. The number of unbranched alkanes of at least 4 members (excludes halogenated alkanes) is 1. The molecule has 1 amide bonds. The van der Waals surface area contributed by atoms with Gasteiger partial charge in [-0.15, -0.1) is 0 Å². The van der Waals surface area contributed by atoms with Gasteiger partial charge in [-0.25, -0.2) is 0 Å². The minimum atomic E-state index is -0.0728. The smallest absolute Gasteiger partial charge is 0.251 e. The third kappa shape index (κ3) is 5.49. The van der Waals surface area contributed by atoms with Crippen molar-refractivity contribution in [3.05, 3.63) is 64.7 Å². The Kier molecular flexibility index (Phi) is 7.75. The molecule has 1 atom stereocenters. The van der Waals surface area contributed by atoms with Crippen molar-refractivity contribution < 1.29 is 9.53 Å². The van der Waals surface area contributed by atoms with Crippen molar-refractivity contribution in [2.24, 2.45) is 0 Å². The number of carbonyl (C=O) groups excluding carboxylic acids is 1. The Morgan fingerprint density at radius 3 is 2.54 bits per heavy atom. The maximum atomic E-state index is 12.6. The van der Waals surface area contributed by atoms with Crippen LogP contribution in [0.2, 0.25) is 5.02 Å². The molecule has 2 aromatic carbocycles. The van der Waals surface area contributed by atoms with E-state index in [4.69, 9.17) is 16.3 Å². The molecular formula is C23H29ClN2O2. The fourth-order valence-corrected chi connectivity index (χ4v) is 3.82. The number of benzene rings is 2. The van der Waals surface area contributed by atoms with Crippen LogP contribution < -0.4 is 10.1 Å². The average molecular weight is 401 g/mol. The Bertz CT molecular complexity index is 757. The first kappa shape index (κ1) is 20.7. The molecule has 1 aliphatic heterocycles. The highest BCUT2D eigenvalue weighted by atomic mass is 35.5. The van der Waals surface area contributed by atoms with Crippen LogP contribution in [0.4, 0.5) is 0 Å². The Morgan fingerprint density at radius 1 is 1.14 bits per heavy atom. The summed E-state index contributed by atoms with van der Waals surface area (Å²) in [5, 5.41) is 3.85. The van der Waals surface area contributed by atoms with Gasteiger partial charge in [0, 0.05) is 17.1 Å². The van der Waals surface area contributed by atoms with Crippen LogP contribution in [0, 0.1) is 0 Å². The maximum absolute atomic E-state index is 12.6. The molecule has 1 N–H and O–H groups in total. The number of amides is 1. The predicted octanol–water partition coefficient (Wildman–Crippen LogP) is 5.09. The summed E-state index contributed by atoms with van der Waals surface area (Å²) < 4.78 is 5.66. The number of halogens is 1. The van der Waals surface area contributed by atoms with Gasteiger partial charge in [0.15, 0.2) is 0 Å². The van der Waals surface area contributed by atoms with Crippen LogP contribution in [0.3, 0.4) is 0 Å². The fourth-order valence-electron chi connectivity index (χ4n) is 3.56. The first-order chi connectivity index (χ1) is 13.7. The van der Waals surface area contributed by atoms with Crippen molar-refractivity contribution in [2.75, 3.05) is 26.2 Å². The van der Waals surface area contributed by atoms with Gasteiger partial charge in [-0.2, -0.15) is 0 Å². The number of nitrogens with zero attached hydrogens (tertiary/aromatic N) is 1. The van der Waals surface area contributed by atoms with Gasteiger partial charge in [-0.3, -0.25) is 9.69 Å². The van der Waals surface area contributed by atoms with Gasteiger partial charge < -0.3 is 10.1 Å². The van der Waals surface area contributed by atoms with E-state index < -0.39 is 0 Å². The van der Waals surface area contributed by atoms with Gasteiger partial charge in [0.05, 0.1) is 12.6 Å². The van der Waals surface area contributed by atoms with E-state index in [1.165, 1.54) is 12.8 Å². The lowest BCUT2D eigenvalue weighted by atomic mass is 10.0. The van der Waals surface area contributed by atoms with Gasteiger partial charge in [0.1, 0.15) is 5.75 Å². The van der Waals surface area contributed by atoms with E-state index >= 15 is 0 Å². The van der Waals surface area contributed by atoms with Crippen molar-refractivity contribution in [1.82, 2.24) is 10.2 Å². The summed E-state index contributed by atoms with van der Waals surface area (Å²) >= 11 is 6.45. The van der Waals surface area contributed by atoms with Crippen LogP contribution in [-0.2, 0) is 0 Å². The standard InChI is InChI=1S/C23H29ClN2O2/c1-2-3-16-28-19-12-10-18(11-13-19)23(27)25-17-22(26-14-6-7-15-26)20-8-4-5-9-21(20)24/h4-5,8-13,22H,2-3,6-7,14-17H2,1H3,(H,25,27). The summed E-state index contributed by atoms with van der Waals surface area (Å²) in [6.45, 7) is 5.45. The lowest BCUT2D eigenvalue weighted by Crippen LogP contribution is -2.37. The van der Waals surface area contributed by atoms with E-state index in [0.29, 0.717) is 18.7 Å². The van der Waals surface area contributed by atoms with Crippen molar-refractivity contribution in [1.29, 1.82) is 0 Å². The van der Waals surface area contributed by atoms with Crippen LogP contribution in [0.5, 0.6) is 5.75 Å². The first-order valence-corrected chi connectivity index (χ1v) is 10.6. The highest BCUT2D eigenvalue weighted by molar-refractivity contribution is 6.31. The van der Waals surface area contributed by atoms with Crippen molar-refractivity contribution in [3.8, 4) is 5.75 Å². The van der Waals surface area contributed by atoms with Gasteiger partial charge in [-0.05, 0) is 68.2 Å². The van der Waals surface area contributed by atoms with E-state index in [1.807, 2.05) is 42.5 Å². The van der Waals surface area contributed by atoms with Crippen molar-refractivity contribution in [3.63, 3.8) is 0 Å². The maximum Gasteiger partial charge on any atom is 0.251 e. The second-order valence-corrected chi connectivity index (χ2v) is 7.62. The predicted molar refractivity (Wildman–Crippen MR) is 114 cm³/mol. The first-order valence-electron chi connectivity index (χ1n) is 10.2. The summed E-state index contributed by atoms with van der Waals surface area (Å²) in [4.78, 5) is 15.1. The molecule has 0 saturated carbocycles. The zero-order chi connectivity index (χ0) is 19.8. The molecular weight excluding hydrogens is 372 g/mol. The normalized spacial score (nSPS) is 15.4. The topological polar surface area (TPSA) is 41.6 Å². The molecule has 2 aromatic rings. The van der Waals surface area contributed by atoms with Crippen LogP contribution in [0.1, 0.15) is 54.6 Å². The second-order valence-electron chi connectivity index (χ2n) is 7.22. The molecule has 1 saturated heterocycles. The number of hydrogen-bond donors (Lipinski definition) is 1. The van der Waals surface area contributed by atoms with Gasteiger partial charge in [0.2, 0.25) is 0 Å². The molecule has 3 rings (SSSR count). The quantitative estimate of drug-likeness (QED) is 0.596. The molecule has 0 spiro atoms. The third-order valence-corrected chi connectivity index (χ3v) is 5.53. The van der Waals surface area contributed by atoms with Crippen LogP contribution >= 0.6 is 11.6 Å². The van der Waals surface area contributed by atoms with E-state index in [9.17, 15) is 4.79 Å². The van der Waals surface area contributed by atoms with Gasteiger partial charge >= 0.3 is 0 Å². The fraction of sp³-hybridized carbons (Fsp3) is 0.435. The highest BCUT2D eigenvalue weighted by Crippen LogP contribution is 2.29. The van der Waals surface area contributed by atoms with Crippen molar-refractivity contribution >= 4 is 17.5 Å². The van der Waals surface area contributed by atoms with E-state index in [1.54, 1.807) is 0 Å². The molecule has 1 aliphatic rings. The second kappa shape index (κ2) is 10.5. The van der Waals surface area contributed by atoms with Crippen LogP contribution in [0.15, 0.2) is 48.5 Å². The van der Waals surface area contributed by atoms with Crippen LogP contribution in [-0.4, -0.2) is 37.0 Å². The Hall–Kier alpha value is -2.04. The number of nitrogens with one attached hydrogen (secondary N) is 1. The number of ether oxygens (including phenoxy) is 1. The molecule has 150 valence electrons. The van der Waals surface area contributed by atoms with Crippen LogP contribution in [0.25, 0.3) is 0 Å². The molecule has 5 heteroatoms. The highest BCUT2D eigenvalue weighted by Gasteiger charge is 2.25. The zero-order valence-electron chi connectivity index (χ0n) is 16.5. The number of hydrogen-bond acceptors (Lipinski definition) is 3. The van der Waals surface area contributed by atoms with E-state index in [-0.39, 0.29) is 11.9 Å². The average Bonchev–Trinajstić information content (AvgIpc) is 3.24. The third-order valence-electron chi connectivity index (χ3n) is 5.18. The van der Waals surface area contributed by atoms with Crippen molar-refractivity contribution in [2.45, 2.75) is 38.6 Å². The molecule has 1 fully saturated rings. The lowest BCUT2D eigenvalue weighted by molar-refractivity contribution is 0.0938. The number of carbonyl (C=O) groups is 1. The molecule has 0 aromatic heterocycles. The largest absolute Gasteiger partial charge is 0.494 e. The molecule has 1 unspecified atom stereocenters. The summed E-state index contributed by atoms with van der Waals surface area (Å²) in [6.07, 6.45) is 4.51. The van der Waals surface area contributed by atoms with Gasteiger partial charge in [0.25, 0.3) is 5.91 Å². The number of rotatable bonds is 9. The zero-order valence-corrected chi connectivity index (χ0v) is 17.3. The Labute approximate surface area is 172 Å². The van der Waals surface area contributed by atoms with E-state index in [2.05, 4.69) is 23.2 Å². The Balaban J connectivity index is 1.62. The lowest BCUT2D eigenvalue weighted by Gasteiger charge is -2.29. The molecule has 0 bridgehead atoms. The van der Waals surface area contributed by atoms with Gasteiger partial charge in [-0.1, -0.05) is 43.1 Å². The SMILES string of the molecule is CCCCOc1ccc(C(=O)NCC(c2ccccc2Cl)N2CCCC2)cc1. The summed E-state index contributed by atoms with van der Waals surface area (Å²) in [5.74, 6) is 0.729. The molecule has 1 heterocycles. The summed E-state index contributed by atoms with van der Waals surface area (Å²) in [5.41, 5.74) is 1.72. The molecule has 28 heavy (non-hydrogen) atoms. The van der Waals surface area contributed by atoms with E-state index in [0.717, 1.165) is 42.3 Å².